The summed E-state index contributed by atoms with van der Waals surface area (Å²) in [6.45, 7) is 5.72. The summed E-state index contributed by atoms with van der Waals surface area (Å²) in [7, 11) is 0. The van der Waals surface area contributed by atoms with Crippen LogP contribution >= 0.6 is 11.5 Å². The van der Waals surface area contributed by atoms with Gasteiger partial charge >= 0.3 is 0 Å². The van der Waals surface area contributed by atoms with Crippen LogP contribution in [0.2, 0.25) is 0 Å². The minimum atomic E-state index is 0.709. The number of aryl methyl sites for hydroxylation is 2. The van der Waals surface area contributed by atoms with Gasteiger partial charge < -0.3 is 0 Å². The van der Waals surface area contributed by atoms with E-state index in [1.54, 1.807) is 0 Å². The smallest absolute Gasteiger partial charge is 0.213 e. The molecular formula is C10H11N3OS. The van der Waals surface area contributed by atoms with Crippen LogP contribution in [-0.4, -0.2) is 20.2 Å². The molecule has 0 fully saturated rings. The van der Waals surface area contributed by atoms with Gasteiger partial charge in [-0.25, -0.2) is 4.98 Å². The molecule has 0 bridgehead atoms. The Hall–Kier alpha value is -1.49. The first-order chi connectivity index (χ1) is 7.13. The van der Waals surface area contributed by atoms with Crippen LogP contribution in [0.25, 0.3) is 5.13 Å². The summed E-state index contributed by atoms with van der Waals surface area (Å²) in [5.74, 6) is 0.759. The number of hydrogen-bond donors (Lipinski definition) is 0. The number of rotatable bonds is 2. The highest BCUT2D eigenvalue weighted by molar-refractivity contribution is 7.08. The largest absolute Gasteiger partial charge is 0.298 e. The van der Waals surface area contributed by atoms with E-state index in [-0.39, 0.29) is 0 Å². The van der Waals surface area contributed by atoms with Gasteiger partial charge in [-0.15, -0.1) is 0 Å². The number of carbonyl (C=O) groups excluding carboxylic acids is 1. The van der Waals surface area contributed by atoms with Crippen LogP contribution in [0.1, 0.15) is 27.6 Å². The van der Waals surface area contributed by atoms with Crippen molar-refractivity contribution >= 4 is 17.8 Å². The van der Waals surface area contributed by atoms with E-state index in [4.69, 9.17) is 0 Å². The van der Waals surface area contributed by atoms with Crippen LogP contribution in [0.3, 0.4) is 0 Å². The molecule has 0 aromatic carbocycles. The molecular weight excluding hydrogens is 210 g/mol. The van der Waals surface area contributed by atoms with Crippen molar-refractivity contribution in [1.29, 1.82) is 0 Å². The zero-order chi connectivity index (χ0) is 11.0. The average molecular weight is 221 g/mol. The van der Waals surface area contributed by atoms with E-state index in [0.717, 1.165) is 28.6 Å². The van der Waals surface area contributed by atoms with Gasteiger partial charge in [-0.2, -0.15) is 4.37 Å². The van der Waals surface area contributed by atoms with Crippen molar-refractivity contribution in [2.24, 2.45) is 0 Å². The zero-order valence-corrected chi connectivity index (χ0v) is 9.63. The molecule has 2 aromatic heterocycles. The van der Waals surface area contributed by atoms with Crippen LogP contribution in [0, 0.1) is 20.8 Å². The molecule has 5 heteroatoms. The summed E-state index contributed by atoms with van der Waals surface area (Å²) < 4.78 is 6.08. The Morgan fingerprint density at radius 1 is 1.40 bits per heavy atom. The Balaban J connectivity index is 2.62. The Morgan fingerprint density at radius 2 is 2.13 bits per heavy atom. The highest BCUT2D eigenvalue weighted by Gasteiger charge is 2.12. The molecule has 0 aliphatic rings. The fourth-order valence-electron chi connectivity index (χ4n) is 1.58. The summed E-state index contributed by atoms with van der Waals surface area (Å²) in [4.78, 5) is 15.1. The van der Waals surface area contributed by atoms with Gasteiger partial charge in [0, 0.05) is 28.5 Å². The van der Waals surface area contributed by atoms with E-state index in [1.165, 1.54) is 11.5 Å². The molecule has 0 unspecified atom stereocenters. The van der Waals surface area contributed by atoms with Gasteiger partial charge in [-0.3, -0.25) is 9.36 Å². The Labute approximate surface area is 91.7 Å². The van der Waals surface area contributed by atoms with Gasteiger partial charge in [0.2, 0.25) is 5.13 Å². The van der Waals surface area contributed by atoms with Gasteiger partial charge in [0.1, 0.15) is 5.82 Å². The molecule has 15 heavy (non-hydrogen) atoms. The highest BCUT2D eigenvalue weighted by atomic mass is 32.1. The summed E-state index contributed by atoms with van der Waals surface area (Å²) >= 11 is 1.34. The predicted octanol–water partition coefficient (Wildman–Crippen LogP) is 2.07. The SMILES string of the molecule is Cc1nsc(-n2c(C)cc(C=O)c2C)n1. The molecule has 2 rings (SSSR count). The first-order valence-electron chi connectivity index (χ1n) is 4.58. The standard InChI is InChI=1S/C10H11N3OS/c1-6-4-9(5-14)7(2)13(6)10-11-8(3)12-15-10/h4-5H,1-3H3. The number of nitrogens with zero attached hydrogens (tertiary/aromatic N) is 3. The van der Waals surface area contributed by atoms with Crippen LogP contribution < -0.4 is 0 Å². The second-order valence-electron chi connectivity index (χ2n) is 3.40. The third-order valence-electron chi connectivity index (χ3n) is 2.31. The van der Waals surface area contributed by atoms with Crippen LogP contribution in [0.4, 0.5) is 0 Å². The summed E-state index contributed by atoms with van der Waals surface area (Å²) in [6, 6.07) is 1.86. The topological polar surface area (TPSA) is 47.8 Å². The minimum absolute atomic E-state index is 0.709. The second-order valence-corrected chi connectivity index (χ2v) is 4.13. The van der Waals surface area contributed by atoms with Crippen molar-refractivity contribution in [3.63, 3.8) is 0 Å². The molecule has 0 aliphatic carbocycles. The maximum absolute atomic E-state index is 10.8. The average Bonchev–Trinajstić information content (AvgIpc) is 2.71. The van der Waals surface area contributed by atoms with E-state index in [0.29, 0.717) is 5.56 Å². The van der Waals surface area contributed by atoms with Crippen molar-refractivity contribution in [2.45, 2.75) is 20.8 Å². The molecule has 0 spiro atoms. The fraction of sp³-hybridized carbons (Fsp3) is 0.300. The van der Waals surface area contributed by atoms with E-state index in [1.807, 2.05) is 31.4 Å². The summed E-state index contributed by atoms with van der Waals surface area (Å²) in [5, 5.41) is 0.815. The van der Waals surface area contributed by atoms with Gasteiger partial charge in [0.05, 0.1) is 0 Å². The highest BCUT2D eigenvalue weighted by Crippen LogP contribution is 2.20. The maximum Gasteiger partial charge on any atom is 0.213 e. The van der Waals surface area contributed by atoms with Gasteiger partial charge in [0.15, 0.2) is 6.29 Å². The van der Waals surface area contributed by atoms with E-state index < -0.39 is 0 Å². The normalized spacial score (nSPS) is 10.6. The van der Waals surface area contributed by atoms with Crippen molar-refractivity contribution in [3.8, 4) is 5.13 Å². The summed E-state index contributed by atoms with van der Waals surface area (Å²) in [5.41, 5.74) is 2.63. The molecule has 4 nitrogen and oxygen atoms in total. The number of hydrogen-bond acceptors (Lipinski definition) is 4. The Bertz CT molecular complexity index is 513. The van der Waals surface area contributed by atoms with Gasteiger partial charge in [-0.05, 0) is 26.8 Å². The second kappa shape index (κ2) is 3.58. The minimum Gasteiger partial charge on any atom is -0.298 e. The van der Waals surface area contributed by atoms with Gasteiger partial charge in [-0.1, -0.05) is 0 Å². The number of aromatic nitrogens is 3. The lowest BCUT2D eigenvalue weighted by molar-refractivity contribution is 0.112. The maximum atomic E-state index is 10.8. The van der Waals surface area contributed by atoms with E-state index in [2.05, 4.69) is 9.36 Å². The lowest BCUT2D eigenvalue weighted by atomic mass is 10.3. The molecule has 0 atom stereocenters. The first kappa shape index (κ1) is 10.0. The molecule has 2 heterocycles. The van der Waals surface area contributed by atoms with E-state index in [9.17, 15) is 4.79 Å². The molecule has 2 aromatic rings. The molecule has 0 radical (unpaired) electrons. The third-order valence-corrected chi connectivity index (χ3v) is 3.10. The predicted molar refractivity (Wildman–Crippen MR) is 58.8 cm³/mol. The number of aldehydes is 1. The van der Waals surface area contributed by atoms with Crippen LogP contribution in [0.15, 0.2) is 6.07 Å². The van der Waals surface area contributed by atoms with Crippen molar-refractivity contribution in [2.75, 3.05) is 0 Å². The molecule has 0 N–H and O–H groups in total. The van der Waals surface area contributed by atoms with Crippen molar-refractivity contribution in [1.82, 2.24) is 13.9 Å². The molecule has 0 aliphatic heterocycles. The number of carbonyl (C=O) groups is 1. The first-order valence-corrected chi connectivity index (χ1v) is 5.35. The van der Waals surface area contributed by atoms with Gasteiger partial charge in [0.25, 0.3) is 0 Å². The van der Waals surface area contributed by atoms with Crippen molar-refractivity contribution < 1.29 is 4.79 Å². The third kappa shape index (κ3) is 1.59. The monoisotopic (exact) mass is 221 g/mol. The molecule has 0 amide bonds. The Morgan fingerprint density at radius 3 is 2.60 bits per heavy atom. The van der Waals surface area contributed by atoms with E-state index >= 15 is 0 Å². The van der Waals surface area contributed by atoms with Crippen molar-refractivity contribution in [3.05, 3.63) is 28.8 Å². The zero-order valence-electron chi connectivity index (χ0n) is 8.81. The molecule has 0 saturated heterocycles. The summed E-state index contributed by atoms with van der Waals surface area (Å²) in [6.07, 6.45) is 0.868. The Kier molecular flexibility index (Phi) is 2.40. The molecule has 78 valence electrons. The van der Waals surface area contributed by atoms with Crippen LogP contribution in [0.5, 0.6) is 0 Å². The lowest BCUT2D eigenvalue weighted by Gasteiger charge is -2.03. The lowest BCUT2D eigenvalue weighted by Crippen LogP contribution is -1.98. The quantitative estimate of drug-likeness (QED) is 0.729. The fourth-order valence-corrected chi connectivity index (χ4v) is 2.37. The molecule has 0 saturated carbocycles. The van der Waals surface area contributed by atoms with Crippen LogP contribution in [-0.2, 0) is 0 Å².